The molecule has 1 saturated heterocycles. The molecular formula is C8H5BrN2O4. The Morgan fingerprint density at radius 1 is 1.13 bits per heavy atom. The first-order valence-electron chi connectivity index (χ1n) is 3.91. The van der Waals surface area contributed by atoms with Crippen molar-refractivity contribution in [2.45, 2.75) is 0 Å². The number of carbonyl (C=O) groups is 2. The largest absolute Gasteiger partial charge is 0.444 e. The number of nitrogens with zero attached hydrogens (tertiary/aromatic N) is 1. The van der Waals surface area contributed by atoms with Crippen molar-refractivity contribution in [1.82, 2.24) is 5.59 Å². The van der Waals surface area contributed by atoms with Crippen LogP contribution in [0.2, 0.25) is 0 Å². The third-order valence-corrected chi connectivity index (χ3v) is 2.15. The van der Waals surface area contributed by atoms with Crippen molar-refractivity contribution >= 4 is 33.6 Å². The summed E-state index contributed by atoms with van der Waals surface area (Å²) in [6, 6.07) is 6.84. The maximum absolute atomic E-state index is 10.9. The molecule has 0 amide bonds. The summed E-state index contributed by atoms with van der Waals surface area (Å²) < 4.78 is 0.881. The van der Waals surface area contributed by atoms with E-state index in [9.17, 15) is 9.59 Å². The molecule has 0 atom stereocenters. The molecule has 0 saturated carbocycles. The van der Waals surface area contributed by atoms with E-state index in [4.69, 9.17) is 0 Å². The number of hydrogen-bond acceptors (Lipinski definition) is 6. The first-order valence-corrected chi connectivity index (χ1v) is 4.70. The highest BCUT2D eigenvalue weighted by Gasteiger charge is 2.29. The van der Waals surface area contributed by atoms with Gasteiger partial charge in [-0.1, -0.05) is 15.9 Å². The van der Waals surface area contributed by atoms with Gasteiger partial charge in [-0.05, 0) is 29.9 Å². The maximum atomic E-state index is 10.9. The van der Waals surface area contributed by atoms with Crippen LogP contribution in [-0.2, 0) is 19.3 Å². The third kappa shape index (κ3) is 2.08. The minimum Gasteiger partial charge on any atom is -0.338 e. The fourth-order valence-corrected chi connectivity index (χ4v) is 1.21. The normalized spacial score (nSPS) is 15.9. The molecule has 0 aliphatic carbocycles. The van der Waals surface area contributed by atoms with Gasteiger partial charge in [-0.3, -0.25) is 0 Å². The fourth-order valence-electron chi connectivity index (χ4n) is 0.945. The van der Waals surface area contributed by atoms with Gasteiger partial charge in [0.15, 0.2) is 0 Å². The minimum absolute atomic E-state index is 0.527. The lowest BCUT2D eigenvalue weighted by molar-refractivity contribution is -0.192. The molecule has 1 aliphatic heterocycles. The van der Waals surface area contributed by atoms with E-state index in [0.717, 1.165) is 9.64 Å². The van der Waals surface area contributed by atoms with Crippen LogP contribution in [0.3, 0.4) is 0 Å². The summed E-state index contributed by atoms with van der Waals surface area (Å²) >= 11 is 3.26. The van der Waals surface area contributed by atoms with Gasteiger partial charge in [0.1, 0.15) is 0 Å². The molecule has 1 aromatic carbocycles. The van der Waals surface area contributed by atoms with Crippen molar-refractivity contribution in [3.63, 3.8) is 0 Å². The number of nitrogens with one attached hydrogen (secondary N) is 1. The molecule has 1 fully saturated rings. The zero-order valence-electron chi connectivity index (χ0n) is 7.27. The number of hydrogen-bond donors (Lipinski definition) is 1. The second kappa shape index (κ2) is 3.87. The number of halogens is 1. The summed E-state index contributed by atoms with van der Waals surface area (Å²) in [6.45, 7) is 0. The quantitative estimate of drug-likeness (QED) is 0.759. The molecule has 1 aliphatic rings. The number of anilines is 1. The van der Waals surface area contributed by atoms with E-state index in [0.29, 0.717) is 5.69 Å². The molecule has 7 heteroatoms. The molecule has 0 radical (unpaired) electrons. The van der Waals surface area contributed by atoms with Gasteiger partial charge in [-0.15, -0.1) is 5.17 Å². The van der Waals surface area contributed by atoms with E-state index < -0.39 is 11.9 Å². The summed E-state index contributed by atoms with van der Waals surface area (Å²) in [5.74, 6) is -2.15. The average molecular weight is 273 g/mol. The van der Waals surface area contributed by atoms with Crippen LogP contribution in [0.5, 0.6) is 0 Å². The van der Waals surface area contributed by atoms with E-state index in [1.165, 1.54) is 0 Å². The Hall–Kier alpha value is -1.60. The van der Waals surface area contributed by atoms with E-state index >= 15 is 0 Å². The topological polar surface area (TPSA) is 67.9 Å². The highest BCUT2D eigenvalue weighted by molar-refractivity contribution is 9.10. The highest BCUT2D eigenvalue weighted by atomic mass is 79.9. The zero-order chi connectivity index (χ0) is 10.8. The molecule has 1 N–H and O–H groups in total. The predicted molar refractivity (Wildman–Crippen MR) is 51.9 cm³/mol. The predicted octanol–water partition coefficient (Wildman–Crippen LogP) is 0.690. The first kappa shape index (κ1) is 9.94. The van der Waals surface area contributed by atoms with Gasteiger partial charge in [-0.2, -0.15) is 0 Å². The Bertz CT molecular complexity index is 406. The molecule has 0 bridgehead atoms. The molecule has 78 valence electrons. The fraction of sp³-hybridized carbons (Fsp3) is 0. The summed E-state index contributed by atoms with van der Waals surface area (Å²) in [7, 11) is 0. The Morgan fingerprint density at radius 3 is 2.40 bits per heavy atom. The van der Waals surface area contributed by atoms with Gasteiger partial charge in [0, 0.05) is 4.47 Å². The van der Waals surface area contributed by atoms with Crippen molar-refractivity contribution in [3.8, 4) is 0 Å². The van der Waals surface area contributed by atoms with Crippen LogP contribution in [0.1, 0.15) is 0 Å². The van der Waals surface area contributed by atoms with Crippen molar-refractivity contribution in [2.75, 3.05) is 5.17 Å². The number of benzene rings is 1. The van der Waals surface area contributed by atoms with Crippen LogP contribution in [-0.4, -0.2) is 11.9 Å². The molecule has 2 rings (SSSR count). The number of rotatable bonds is 1. The lowest BCUT2D eigenvalue weighted by atomic mass is 10.3. The van der Waals surface area contributed by atoms with Crippen molar-refractivity contribution in [1.29, 1.82) is 0 Å². The Morgan fingerprint density at radius 2 is 1.80 bits per heavy atom. The second-order valence-corrected chi connectivity index (χ2v) is 3.55. The Balaban J connectivity index is 2.15. The second-order valence-electron chi connectivity index (χ2n) is 2.63. The average Bonchev–Trinajstić information content (AvgIpc) is 2.23. The van der Waals surface area contributed by atoms with E-state index in [2.05, 4.69) is 31.2 Å². The Labute approximate surface area is 92.8 Å². The SMILES string of the molecule is O=C1ONN(c2ccc(Br)cc2)OC1=O. The molecule has 15 heavy (non-hydrogen) atoms. The van der Waals surface area contributed by atoms with Gasteiger partial charge in [0.2, 0.25) is 0 Å². The van der Waals surface area contributed by atoms with Crippen molar-refractivity contribution in [2.24, 2.45) is 0 Å². The van der Waals surface area contributed by atoms with Gasteiger partial charge >= 0.3 is 11.9 Å². The summed E-state index contributed by atoms with van der Waals surface area (Å²) in [5.41, 5.74) is 2.69. The van der Waals surface area contributed by atoms with E-state index in [1.54, 1.807) is 24.3 Å². The molecule has 0 unspecified atom stereocenters. The van der Waals surface area contributed by atoms with E-state index in [-0.39, 0.29) is 0 Å². The number of hydrazine groups is 1. The van der Waals surface area contributed by atoms with Crippen molar-refractivity contribution < 1.29 is 19.3 Å². The Kier molecular flexibility index (Phi) is 2.57. The lowest BCUT2D eigenvalue weighted by Gasteiger charge is -2.25. The van der Waals surface area contributed by atoms with Gasteiger partial charge in [0.25, 0.3) is 0 Å². The molecule has 6 nitrogen and oxygen atoms in total. The summed E-state index contributed by atoms with van der Waals surface area (Å²) in [6.07, 6.45) is 0. The van der Waals surface area contributed by atoms with Crippen LogP contribution >= 0.6 is 15.9 Å². The van der Waals surface area contributed by atoms with Crippen LogP contribution in [0.15, 0.2) is 28.7 Å². The number of carbonyl (C=O) groups excluding carboxylic acids is 2. The van der Waals surface area contributed by atoms with Crippen LogP contribution in [0, 0.1) is 0 Å². The molecule has 1 aromatic rings. The zero-order valence-corrected chi connectivity index (χ0v) is 8.85. The van der Waals surface area contributed by atoms with Gasteiger partial charge < -0.3 is 9.68 Å². The standard InChI is InChI=1S/C8H5BrN2O4/c9-5-1-3-6(4-2-5)11-10-14-7(12)8(13)15-11/h1-4,10H. The van der Waals surface area contributed by atoms with Crippen molar-refractivity contribution in [3.05, 3.63) is 28.7 Å². The highest BCUT2D eigenvalue weighted by Crippen LogP contribution is 2.18. The molecular weight excluding hydrogens is 268 g/mol. The minimum atomic E-state index is -1.08. The third-order valence-electron chi connectivity index (χ3n) is 1.62. The molecule has 1 heterocycles. The monoisotopic (exact) mass is 272 g/mol. The first-order chi connectivity index (χ1) is 7.16. The van der Waals surface area contributed by atoms with E-state index in [1.807, 2.05) is 0 Å². The smallest absolute Gasteiger partial charge is 0.338 e. The van der Waals surface area contributed by atoms with Gasteiger partial charge in [0.05, 0.1) is 5.69 Å². The van der Waals surface area contributed by atoms with Crippen LogP contribution in [0.25, 0.3) is 0 Å². The van der Waals surface area contributed by atoms with Crippen LogP contribution < -0.4 is 10.8 Å². The summed E-state index contributed by atoms with van der Waals surface area (Å²) in [5, 5.41) is 0.955. The van der Waals surface area contributed by atoms with Crippen LogP contribution in [0.4, 0.5) is 5.69 Å². The lowest BCUT2D eigenvalue weighted by Crippen LogP contribution is -2.49. The van der Waals surface area contributed by atoms with Gasteiger partial charge in [-0.25, -0.2) is 9.59 Å². The summed E-state index contributed by atoms with van der Waals surface area (Å²) in [4.78, 5) is 30.4. The molecule has 0 spiro atoms. The molecule has 0 aromatic heterocycles. The maximum Gasteiger partial charge on any atom is 0.444 e.